The summed E-state index contributed by atoms with van der Waals surface area (Å²) in [5, 5.41) is 3.52. The van der Waals surface area contributed by atoms with E-state index in [4.69, 9.17) is 11.6 Å². The minimum atomic E-state index is -4.09. The van der Waals surface area contributed by atoms with Crippen LogP contribution in [0.2, 0.25) is 5.02 Å². The lowest BCUT2D eigenvalue weighted by atomic mass is 10.1. The van der Waals surface area contributed by atoms with Crippen molar-refractivity contribution in [1.29, 1.82) is 0 Å². The first-order valence-corrected chi connectivity index (χ1v) is 15.2. The van der Waals surface area contributed by atoms with Crippen molar-refractivity contribution < 1.29 is 18.0 Å². The highest BCUT2D eigenvalue weighted by atomic mass is 35.5. The van der Waals surface area contributed by atoms with E-state index in [1.54, 1.807) is 54.6 Å². The van der Waals surface area contributed by atoms with E-state index in [1.165, 1.54) is 17.0 Å². The maximum atomic E-state index is 14.1. The van der Waals surface area contributed by atoms with Gasteiger partial charge in [0.2, 0.25) is 11.8 Å². The summed E-state index contributed by atoms with van der Waals surface area (Å²) in [4.78, 5) is 29.0. The standard InChI is InChI=1S/C31H38ClN3O4S/c1-6-23-15-19-26(20-16-23)35(40(38,39)27-11-9-8-10-12-27)22-29(36)34(21-24-13-17-25(32)18-14-24)28(7-2)30(37)33-31(3,4)5/h8-20,28H,6-7,21-22H2,1-5H3,(H,33,37)/t28-/m1/s1. The molecule has 0 saturated heterocycles. The minimum absolute atomic E-state index is 0.0733. The van der Waals surface area contributed by atoms with Crippen LogP contribution < -0.4 is 9.62 Å². The Balaban J connectivity index is 2.06. The fourth-order valence-corrected chi connectivity index (χ4v) is 5.87. The van der Waals surface area contributed by atoms with Crippen LogP contribution in [-0.4, -0.2) is 43.3 Å². The number of halogens is 1. The maximum absolute atomic E-state index is 14.1. The van der Waals surface area contributed by atoms with E-state index in [1.807, 2.05) is 46.8 Å². The Morgan fingerprint density at radius 3 is 1.98 bits per heavy atom. The number of aryl methyl sites for hydroxylation is 1. The molecule has 0 spiro atoms. The van der Waals surface area contributed by atoms with Gasteiger partial charge in [-0.25, -0.2) is 8.42 Å². The third-order valence-electron chi connectivity index (χ3n) is 6.39. The van der Waals surface area contributed by atoms with Crippen molar-refractivity contribution >= 4 is 39.1 Å². The molecule has 3 aromatic carbocycles. The number of anilines is 1. The predicted octanol–water partition coefficient (Wildman–Crippen LogP) is 5.82. The molecule has 3 aromatic rings. The maximum Gasteiger partial charge on any atom is 0.264 e. The number of benzene rings is 3. The Morgan fingerprint density at radius 2 is 1.45 bits per heavy atom. The van der Waals surface area contributed by atoms with Crippen molar-refractivity contribution in [2.24, 2.45) is 0 Å². The summed E-state index contributed by atoms with van der Waals surface area (Å²) < 4.78 is 28.8. The molecule has 0 aliphatic carbocycles. The van der Waals surface area contributed by atoms with Crippen LogP contribution >= 0.6 is 11.6 Å². The molecule has 0 fully saturated rings. The van der Waals surface area contributed by atoms with E-state index in [2.05, 4.69) is 5.32 Å². The van der Waals surface area contributed by atoms with E-state index in [9.17, 15) is 18.0 Å². The second-order valence-corrected chi connectivity index (χ2v) is 13.0. The van der Waals surface area contributed by atoms with Gasteiger partial charge in [-0.3, -0.25) is 13.9 Å². The molecule has 40 heavy (non-hydrogen) atoms. The normalized spacial score (nSPS) is 12.4. The average molecular weight is 584 g/mol. The van der Waals surface area contributed by atoms with Gasteiger partial charge in [0, 0.05) is 17.1 Å². The van der Waals surface area contributed by atoms with Crippen LogP contribution in [0.3, 0.4) is 0 Å². The number of nitrogens with zero attached hydrogens (tertiary/aromatic N) is 2. The van der Waals surface area contributed by atoms with Crippen LogP contribution in [0.4, 0.5) is 5.69 Å². The van der Waals surface area contributed by atoms with Crippen LogP contribution in [0, 0.1) is 0 Å². The van der Waals surface area contributed by atoms with Gasteiger partial charge in [0.25, 0.3) is 10.0 Å². The van der Waals surface area contributed by atoms with Gasteiger partial charge in [-0.2, -0.15) is 0 Å². The van der Waals surface area contributed by atoms with Crippen molar-refractivity contribution in [2.75, 3.05) is 10.8 Å². The highest BCUT2D eigenvalue weighted by Gasteiger charge is 2.34. The van der Waals surface area contributed by atoms with Gasteiger partial charge in [0.05, 0.1) is 10.6 Å². The Bertz CT molecular complexity index is 1390. The van der Waals surface area contributed by atoms with E-state index in [0.29, 0.717) is 17.1 Å². The van der Waals surface area contributed by atoms with Gasteiger partial charge in [-0.1, -0.05) is 67.9 Å². The topological polar surface area (TPSA) is 86.8 Å². The molecule has 0 aliphatic rings. The molecule has 1 N–H and O–H groups in total. The third kappa shape index (κ3) is 8.08. The molecule has 0 bridgehead atoms. The SMILES string of the molecule is CCc1ccc(N(CC(=O)N(Cc2ccc(Cl)cc2)[C@H](CC)C(=O)NC(C)(C)C)S(=O)(=O)c2ccccc2)cc1. The van der Waals surface area contributed by atoms with Crippen molar-refractivity contribution in [2.45, 2.75) is 70.5 Å². The quantitative estimate of drug-likeness (QED) is 0.308. The Labute approximate surface area is 243 Å². The smallest absolute Gasteiger partial charge is 0.264 e. The minimum Gasteiger partial charge on any atom is -0.350 e. The van der Waals surface area contributed by atoms with Crippen LogP contribution in [-0.2, 0) is 32.6 Å². The fourth-order valence-electron chi connectivity index (χ4n) is 4.31. The summed E-state index contributed by atoms with van der Waals surface area (Å²) in [5.74, 6) is -0.799. The largest absolute Gasteiger partial charge is 0.350 e. The molecule has 9 heteroatoms. The molecule has 0 aromatic heterocycles. The number of sulfonamides is 1. The van der Waals surface area contributed by atoms with E-state index < -0.39 is 34.1 Å². The average Bonchev–Trinajstić information content (AvgIpc) is 2.92. The summed E-state index contributed by atoms with van der Waals surface area (Å²) in [6, 6.07) is 21.4. The molecule has 7 nitrogen and oxygen atoms in total. The van der Waals surface area contributed by atoms with E-state index >= 15 is 0 Å². The molecule has 3 rings (SSSR count). The number of rotatable bonds is 11. The molecule has 0 unspecified atom stereocenters. The predicted molar refractivity (Wildman–Crippen MR) is 161 cm³/mol. The molecule has 0 heterocycles. The second-order valence-electron chi connectivity index (χ2n) is 10.7. The van der Waals surface area contributed by atoms with Crippen LogP contribution in [0.25, 0.3) is 0 Å². The summed E-state index contributed by atoms with van der Waals surface area (Å²) >= 11 is 6.07. The Hall–Kier alpha value is -3.36. The number of carbonyl (C=O) groups is 2. The molecular formula is C31H38ClN3O4S. The lowest BCUT2D eigenvalue weighted by Gasteiger charge is -2.34. The number of hydrogen-bond donors (Lipinski definition) is 1. The van der Waals surface area contributed by atoms with E-state index in [0.717, 1.165) is 21.9 Å². The molecule has 0 saturated carbocycles. The van der Waals surface area contributed by atoms with Crippen molar-refractivity contribution in [3.63, 3.8) is 0 Å². The highest BCUT2D eigenvalue weighted by molar-refractivity contribution is 7.92. The number of amides is 2. The second kappa shape index (κ2) is 13.3. The van der Waals surface area contributed by atoms with Gasteiger partial charge in [-0.15, -0.1) is 0 Å². The molecule has 0 aliphatic heterocycles. The lowest BCUT2D eigenvalue weighted by Crippen LogP contribution is -2.55. The number of carbonyl (C=O) groups excluding carboxylic acids is 2. The zero-order valence-electron chi connectivity index (χ0n) is 23.7. The molecule has 1 atom stereocenters. The zero-order valence-corrected chi connectivity index (χ0v) is 25.3. The van der Waals surface area contributed by atoms with Crippen LogP contribution in [0.5, 0.6) is 0 Å². The van der Waals surface area contributed by atoms with Crippen LogP contribution in [0.1, 0.15) is 52.2 Å². The van der Waals surface area contributed by atoms with Gasteiger partial charge in [-0.05, 0) is 81.1 Å². The summed E-state index contributed by atoms with van der Waals surface area (Å²) in [6.45, 7) is 9.09. The van der Waals surface area contributed by atoms with Crippen molar-refractivity contribution in [1.82, 2.24) is 10.2 Å². The fraction of sp³-hybridized carbons (Fsp3) is 0.355. The van der Waals surface area contributed by atoms with Gasteiger partial charge in [0.1, 0.15) is 12.6 Å². The first-order chi connectivity index (χ1) is 18.9. The first kappa shape index (κ1) is 31.2. The number of hydrogen-bond acceptors (Lipinski definition) is 4. The van der Waals surface area contributed by atoms with Crippen molar-refractivity contribution in [3.05, 3.63) is 95.0 Å². The lowest BCUT2D eigenvalue weighted by molar-refractivity contribution is -0.141. The Kier molecular flexibility index (Phi) is 10.4. The zero-order chi connectivity index (χ0) is 29.5. The Morgan fingerprint density at radius 1 is 0.875 bits per heavy atom. The van der Waals surface area contributed by atoms with Gasteiger partial charge >= 0.3 is 0 Å². The highest BCUT2D eigenvalue weighted by Crippen LogP contribution is 2.25. The molecule has 214 valence electrons. The van der Waals surface area contributed by atoms with Gasteiger partial charge < -0.3 is 10.2 Å². The summed E-state index contributed by atoms with van der Waals surface area (Å²) in [6.07, 6.45) is 1.14. The molecule has 0 radical (unpaired) electrons. The molecule has 2 amide bonds. The number of nitrogens with one attached hydrogen (secondary N) is 1. The van der Waals surface area contributed by atoms with Crippen molar-refractivity contribution in [3.8, 4) is 0 Å². The molecular weight excluding hydrogens is 546 g/mol. The first-order valence-electron chi connectivity index (χ1n) is 13.4. The van der Waals surface area contributed by atoms with Crippen LogP contribution in [0.15, 0.2) is 83.8 Å². The third-order valence-corrected chi connectivity index (χ3v) is 8.43. The summed E-state index contributed by atoms with van der Waals surface area (Å²) in [5.41, 5.74) is 1.67. The summed E-state index contributed by atoms with van der Waals surface area (Å²) in [7, 11) is -4.09. The van der Waals surface area contributed by atoms with Gasteiger partial charge in [0.15, 0.2) is 0 Å². The van der Waals surface area contributed by atoms with E-state index in [-0.39, 0.29) is 17.3 Å². The monoisotopic (exact) mass is 583 g/mol.